The zero-order chi connectivity index (χ0) is 27.8. The Morgan fingerprint density at radius 2 is 1.69 bits per heavy atom. The van der Waals surface area contributed by atoms with Gasteiger partial charge in [0, 0.05) is 44.9 Å². The van der Waals surface area contributed by atoms with Crippen LogP contribution in [-0.2, 0) is 7.05 Å². The fourth-order valence-electron chi connectivity index (χ4n) is 5.17. The summed E-state index contributed by atoms with van der Waals surface area (Å²) in [7, 11) is 2.95. The number of nitro groups is 1. The molecule has 1 aliphatic rings. The van der Waals surface area contributed by atoms with Gasteiger partial charge < -0.3 is 14.2 Å². The van der Waals surface area contributed by atoms with E-state index < -0.39 is 28.0 Å². The highest BCUT2D eigenvalue weighted by molar-refractivity contribution is 9.10. The largest absolute Gasteiger partial charge is 0.496 e. The quantitative estimate of drug-likeness (QED) is 0.178. The standard InChI is InChI=1S/C27H24BrF2N5O4/c1-32-20-9-10-22(28)31-23(20)25(26(27(32)36)35(37)38)34-13-11-33(12-14-34)24(16-3-5-17(29)6-4-16)19-8-7-18(30)15-21(19)39-2/h3-10,15,24H,11-14H2,1-2H3. The molecule has 3 heterocycles. The van der Waals surface area contributed by atoms with Crippen molar-refractivity contribution in [3.05, 3.63) is 102 Å². The normalized spacial score (nSPS) is 14.9. The topological polar surface area (TPSA) is 93.7 Å². The second kappa shape index (κ2) is 10.7. The molecule has 0 radical (unpaired) electrons. The van der Waals surface area contributed by atoms with Crippen molar-refractivity contribution in [3.8, 4) is 5.75 Å². The number of aromatic nitrogens is 2. The second-order valence-electron chi connectivity index (χ2n) is 9.18. The van der Waals surface area contributed by atoms with Gasteiger partial charge >= 0.3 is 11.2 Å². The molecule has 0 aliphatic carbocycles. The Hall–Kier alpha value is -3.90. The fourth-order valence-corrected chi connectivity index (χ4v) is 5.47. The lowest BCUT2D eigenvalue weighted by atomic mass is 9.95. The number of hydrogen-bond donors (Lipinski definition) is 0. The van der Waals surface area contributed by atoms with E-state index in [1.807, 2.05) is 0 Å². The summed E-state index contributed by atoms with van der Waals surface area (Å²) in [5.74, 6) is -0.465. The number of pyridine rings is 2. The molecule has 0 saturated carbocycles. The van der Waals surface area contributed by atoms with Crippen LogP contribution in [0.3, 0.4) is 0 Å². The SMILES string of the molecule is COc1cc(F)ccc1C(c1ccc(F)cc1)N1CCN(c2c([N+](=O)[O-])c(=O)n(C)c3ccc(Br)nc23)CC1. The van der Waals surface area contributed by atoms with Gasteiger partial charge in [0.15, 0.2) is 5.69 Å². The maximum atomic E-state index is 14.0. The van der Waals surface area contributed by atoms with Crippen molar-refractivity contribution in [2.45, 2.75) is 6.04 Å². The molecule has 39 heavy (non-hydrogen) atoms. The molecule has 0 amide bonds. The summed E-state index contributed by atoms with van der Waals surface area (Å²) in [5, 5.41) is 12.1. The van der Waals surface area contributed by atoms with Gasteiger partial charge in [0.25, 0.3) is 0 Å². The summed E-state index contributed by atoms with van der Waals surface area (Å²) < 4.78 is 35.0. The van der Waals surface area contributed by atoms with Crippen LogP contribution >= 0.6 is 15.9 Å². The molecule has 2 aromatic carbocycles. The molecule has 0 spiro atoms. The zero-order valence-corrected chi connectivity index (χ0v) is 22.7. The van der Waals surface area contributed by atoms with Crippen molar-refractivity contribution in [3.63, 3.8) is 0 Å². The molecule has 9 nitrogen and oxygen atoms in total. The number of methoxy groups -OCH3 is 1. The highest BCUT2D eigenvalue weighted by atomic mass is 79.9. The Labute approximate surface area is 230 Å². The van der Waals surface area contributed by atoms with E-state index in [1.54, 1.807) is 35.2 Å². The van der Waals surface area contributed by atoms with Crippen molar-refractivity contribution < 1.29 is 18.4 Å². The molecule has 1 fully saturated rings. The van der Waals surface area contributed by atoms with Gasteiger partial charge in [0.2, 0.25) is 0 Å². The number of ether oxygens (including phenoxy) is 1. The number of fused-ring (bicyclic) bond motifs is 1. The van der Waals surface area contributed by atoms with Gasteiger partial charge in [-0.25, -0.2) is 13.8 Å². The van der Waals surface area contributed by atoms with Crippen LogP contribution in [-0.4, -0.2) is 52.7 Å². The molecule has 202 valence electrons. The molecule has 1 saturated heterocycles. The average Bonchev–Trinajstić information content (AvgIpc) is 2.92. The van der Waals surface area contributed by atoms with Crippen molar-refractivity contribution in [1.82, 2.24) is 14.5 Å². The number of piperazine rings is 1. The van der Waals surface area contributed by atoms with E-state index >= 15 is 0 Å². The first-order chi connectivity index (χ1) is 18.7. The van der Waals surface area contributed by atoms with Crippen molar-refractivity contribution in [1.29, 1.82) is 0 Å². The Bertz CT molecular complexity index is 1620. The summed E-state index contributed by atoms with van der Waals surface area (Å²) in [6.45, 7) is 1.56. The van der Waals surface area contributed by atoms with Gasteiger partial charge in [0.05, 0.1) is 23.6 Å². The van der Waals surface area contributed by atoms with Gasteiger partial charge in [-0.1, -0.05) is 18.2 Å². The first-order valence-corrected chi connectivity index (χ1v) is 12.9. The first-order valence-electron chi connectivity index (χ1n) is 12.1. The van der Waals surface area contributed by atoms with Gasteiger partial charge in [-0.2, -0.15) is 0 Å². The summed E-state index contributed by atoms with van der Waals surface area (Å²) >= 11 is 3.34. The fraction of sp³-hybridized carbons (Fsp3) is 0.259. The number of hydrogen-bond acceptors (Lipinski definition) is 7. The van der Waals surface area contributed by atoms with Crippen molar-refractivity contribution >= 4 is 38.3 Å². The van der Waals surface area contributed by atoms with Crippen LogP contribution in [0.5, 0.6) is 5.75 Å². The van der Waals surface area contributed by atoms with Crippen LogP contribution in [0.1, 0.15) is 17.2 Å². The molecule has 2 aromatic heterocycles. The average molecular weight is 600 g/mol. The Balaban J connectivity index is 1.55. The van der Waals surface area contributed by atoms with E-state index in [4.69, 9.17) is 4.74 Å². The van der Waals surface area contributed by atoms with E-state index in [1.165, 1.54) is 43.0 Å². The summed E-state index contributed by atoms with van der Waals surface area (Å²) in [5.41, 5.74) is 1.25. The van der Waals surface area contributed by atoms with Crippen molar-refractivity contribution in [2.75, 3.05) is 38.2 Å². The molecule has 1 unspecified atom stereocenters. The van der Waals surface area contributed by atoms with Crippen LogP contribution in [0.2, 0.25) is 0 Å². The zero-order valence-electron chi connectivity index (χ0n) is 21.1. The number of nitrogens with zero attached hydrogens (tertiary/aromatic N) is 5. The minimum atomic E-state index is -0.714. The van der Waals surface area contributed by atoms with Crippen LogP contribution in [0.4, 0.5) is 20.2 Å². The molecule has 0 N–H and O–H groups in total. The highest BCUT2D eigenvalue weighted by Gasteiger charge is 2.34. The Morgan fingerprint density at radius 3 is 2.33 bits per heavy atom. The summed E-state index contributed by atoms with van der Waals surface area (Å²) in [6.07, 6.45) is 0. The maximum absolute atomic E-state index is 14.0. The molecule has 5 rings (SSSR count). The molecule has 1 atom stereocenters. The maximum Gasteiger partial charge on any atom is 0.359 e. The minimum absolute atomic E-state index is 0.178. The van der Waals surface area contributed by atoms with Crippen LogP contribution < -0.4 is 15.2 Å². The monoisotopic (exact) mass is 599 g/mol. The van der Waals surface area contributed by atoms with Gasteiger partial charge in [-0.15, -0.1) is 0 Å². The number of rotatable bonds is 6. The van der Waals surface area contributed by atoms with Crippen LogP contribution in [0.15, 0.2) is 64.0 Å². The molecular formula is C27H24BrF2N5O4. The highest BCUT2D eigenvalue weighted by Crippen LogP contribution is 2.38. The first kappa shape index (κ1) is 26.7. The van der Waals surface area contributed by atoms with Gasteiger partial charge in [-0.3, -0.25) is 19.8 Å². The number of benzene rings is 2. The molecule has 12 heteroatoms. The van der Waals surface area contributed by atoms with E-state index in [2.05, 4.69) is 25.8 Å². The lowest BCUT2D eigenvalue weighted by molar-refractivity contribution is -0.385. The van der Waals surface area contributed by atoms with E-state index in [9.17, 15) is 23.7 Å². The smallest absolute Gasteiger partial charge is 0.359 e. The Morgan fingerprint density at radius 1 is 1.03 bits per heavy atom. The van der Waals surface area contributed by atoms with E-state index in [0.29, 0.717) is 53.1 Å². The predicted octanol–water partition coefficient (Wildman–Crippen LogP) is 4.80. The molecular weight excluding hydrogens is 576 g/mol. The van der Waals surface area contributed by atoms with Crippen LogP contribution in [0.25, 0.3) is 11.0 Å². The lowest BCUT2D eigenvalue weighted by Crippen LogP contribution is -2.48. The number of halogens is 3. The molecule has 0 bridgehead atoms. The summed E-state index contributed by atoms with van der Waals surface area (Å²) in [4.78, 5) is 32.9. The molecule has 1 aliphatic heterocycles. The predicted molar refractivity (Wildman–Crippen MR) is 146 cm³/mol. The second-order valence-corrected chi connectivity index (χ2v) is 10.00. The third-order valence-electron chi connectivity index (χ3n) is 7.01. The van der Waals surface area contributed by atoms with Gasteiger partial charge in [-0.05, 0) is 51.8 Å². The Kier molecular flexibility index (Phi) is 7.32. The third kappa shape index (κ3) is 4.97. The van der Waals surface area contributed by atoms with E-state index in [-0.39, 0.29) is 11.5 Å². The number of anilines is 1. The van der Waals surface area contributed by atoms with Crippen LogP contribution in [0, 0.1) is 21.7 Å². The van der Waals surface area contributed by atoms with Crippen molar-refractivity contribution in [2.24, 2.45) is 7.05 Å². The lowest BCUT2D eigenvalue weighted by Gasteiger charge is -2.40. The minimum Gasteiger partial charge on any atom is -0.496 e. The summed E-state index contributed by atoms with van der Waals surface area (Å²) in [6, 6.07) is 13.4. The van der Waals surface area contributed by atoms with Gasteiger partial charge in [0.1, 0.15) is 27.5 Å². The molecule has 4 aromatic rings. The third-order valence-corrected chi connectivity index (χ3v) is 7.45. The number of aryl methyl sites for hydroxylation is 1. The van der Waals surface area contributed by atoms with E-state index in [0.717, 1.165) is 5.56 Å².